The Labute approximate surface area is 142 Å². The minimum Gasteiger partial charge on any atom is -2.00 e. The van der Waals surface area contributed by atoms with Gasteiger partial charge in [0.05, 0.1) is 0 Å². The summed E-state index contributed by atoms with van der Waals surface area (Å²) in [7, 11) is 0. The molecule has 0 aliphatic heterocycles. The molecule has 0 radical (unpaired) electrons. The van der Waals surface area contributed by atoms with Crippen LogP contribution in [0.1, 0.15) is 0 Å². The van der Waals surface area contributed by atoms with E-state index in [2.05, 4.69) is 0 Å². The van der Waals surface area contributed by atoms with Crippen LogP contribution in [-0.2, 0) is 27.4 Å². The molecule has 0 bridgehead atoms. The van der Waals surface area contributed by atoms with Gasteiger partial charge in [0.25, 0.3) is 0 Å². The topological polar surface area (TPSA) is 142 Å². The molecular formula is La2Mg2O5. The summed E-state index contributed by atoms with van der Waals surface area (Å²) in [5, 5.41) is 0. The molecule has 0 unspecified atom stereocenters. The molecule has 0 rings (SSSR count). The molecule has 0 aromatic rings. The van der Waals surface area contributed by atoms with Gasteiger partial charge in [-0.3, -0.25) is 0 Å². The molecule has 0 saturated carbocycles. The van der Waals surface area contributed by atoms with Gasteiger partial charge in [-0.2, -0.15) is 0 Å². The van der Waals surface area contributed by atoms with Gasteiger partial charge in [0, 0.05) is 0 Å². The van der Waals surface area contributed by atoms with Crippen molar-refractivity contribution in [2.24, 2.45) is 0 Å². The molecule has 0 atom stereocenters. The molecule has 0 spiro atoms. The van der Waals surface area contributed by atoms with Gasteiger partial charge in [0.2, 0.25) is 0 Å². The average molecular weight is 406 g/mol. The third-order valence-electron chi connectivity index (χ3n) is 0. The molecular weight excluding hydrogens is 406 g/mol. The van der Waals surface area contributed by atoms with E-state index in [1.54, 1.807) is 0 Å². The van der Waals surface area contributed by atoms with E-state index in [-0.39, 0.29) is 145 Å². The second kappa shape index (κ2) is 97.3. The molecule has 0 aliphatic carbocycles. The smallest absolute Gasteiger partial charge is 2.00 e. The summed E-state index contributed by atoms with van der Waals surface area (Å²) in [4.78, 5) is 0. The van der Waals surface area contributed by atoms with Gasteiger partial charge < -0.3 is 27.4 Å². The zero-order chi connectivity index (χ0) is 0. The monoisotopic (exact) mass is 406 g/mol. The molecule has 40 valence electrons. The molecule has 0 aromatic heterocycles. The second-order valence-electron chi connectivity index (χ2n) is 0. The van der Waals surface area contributed by atoms with Gasteiger partial charge in [-0.05, 0) is 0 Å². The third-order valence-corrected chi connectivity index (χ3v) is 0. The standard InChI is InChI=1S/2La.2Mg.5O/q2*+3;2*+2;5*-2. The summed E-state index contributed by atoms with van der Waals surface area (Å²) in [6.07, 6.45) is 0. The van der Waals surface area contributed by atoms with Crippen molar-refractivity contribution < 1.29 is 98.6 Å². The molecule has 9 heteroatoms. The number of hydrogen-bond acceptors (Lipinski definition) is 0. The molecule has 0 aromatic carbocycles. The van der Waals surface area contributed by atoms with Crippen molar-refractivity contribution in [3.8, 4) is 0 Å². The third kappa shape index (κ3) is 80.0. The van der Waals surface area contributed by atoms with E-state index in [0.29, 0.717) is 0 Å². The predicted molar refractivity (Wildman–Crippen MR) is 14.9 cm³/mol. The van der Waals surface area contributed by atoms with Crippen LogP contribution in [0.3, 0.4) is 0 Å². The Morgan fingerprint density at radius 1 is 0.333 bits per heavy atom. The molecule has 0 amide bonds. The number of rotatable bonds is 0. The van der Waals surface area contributed by atoms with E-state index in [9.17, 15) is 0 Å². The van der Waals surface area contributed by atoms with Crippen molar-refractivity contribution in [2.45, 2.75) is 0 Å². The van der Waals surface area contributed by atoms with Crippen molar-refractivity contribution in [1.29, 1.82) is 0 Å². The Morgan fingerprint density at radius 2 is 0.333 bits per heavy atom. The quantitative estimate of drug-likeness (QED) is 0.438. The fourth-order valence-electron chi connectivity index (χ4n) is 0. The van der Waals surface area contributed by atoms with Crippen LogP contribution in [-0.4, -0.2) is 46.1 Å². The zero-order valence-corrected chi connectivity index (χ0v) is 14.7. The van der Waals surface area contributed by atoms with Gasteiger partial charge in [0.1, 0.15) is 0 Å². The second-order valence-corrected chi connectivity index (χ2v) is 0. The number of hydrogen-bond donors (Lipinski definition) is 0. The Kier molecular flexibility index (Phi) is 1360. The van der Waals surface area contributed by atoms with Crippen molar-refractivity contribution in [1.82, 2.24) is 0 Å². The van der Waals surface area contributed by atoms with Gasteiger partial charge in [-0.1, -0.05) is 0 Å². The van der Waals surface area contributed by atoms with Crippen LogP contribution in [0.25, 0.3) is 0 Å². The van der Waals surface area contributed by atoms with Crippen molar-refractivity contribution in [3.05, 3.63) is 0 Å². The van der Waals surface area contributed by atoms with E-state index in [1.807, 2.05) is 0 Å². The summed E-state index contributed by atoms with van der Waals surface area (Å²) >= 11 is 0. The van der Waals surface area contributed by atoms with Crippen molar-refractivity contribution >= 4 is 46.1 Å². The summed E-state index contributed by atoms with van der Waals surface area (Å²) in [5.41, 5.74) is 0. The van der Waals surface area contributed by atoms with Crippen LogP contribution in [0.4, 0.5) is 0 Å². The average Bonchev–Trinajstić information content (AvgIpc) is 0. The maximum Gasteiger partial charge on any atom is 3.00 e. The molecule has 0 heterocycles. The summed E-state index contributed by atoms with van der Waals surface area (Å²) in [6, 6.07) is 0. The van der Waals surface area contributed by atoms with E-state index >= 15 is 0 Å². The molecule has 0 fully saturated rings. The van der Waals surface area contributed by atoms with Gasteiger partial charge in [0.15, 0.2) is 0 Å². The minimum absolute atomic E-state index is 0. The summed E-state index contributed by atoms with van der Waals surface area (Å²) in [5.74, 6) is 0. The van der Waals surface area contributed by atoms with E-state index < -0.39 is 0 Å². The normalized spacial score (nSPS) is 0. The van der Waals surface area contributed by atoms with E-state index in [0.717, 1.165) is 0 Å². The summed E-state index contributed by atoms with van der Waals surface area (Å²) < 4.78 is 0. The van der Waals surface area contributed by atoms with Gasteiger partial charge in [-0.15, -0.1) is 0 Å². The fourth-order valence-corrected chi connectivity index (χ4v) is 0. The van der Waals surface area contributed by atoms with Crippen LogP contribution >= 0.6 is 0 Å². The first kappa shape index (κ1) is 126. The first-order chi connectivity index (χ1) is 0. The molecule has 9 heavy (non-hydrogen) atoms. The van der Waals surface area contributed by atoms with E-state index in [1.165, 1.54) is 0 Å². The largest absolute Gasteiger partial charge is 3.00 e. The molecule has 5 nitrogen and oxygen atoms in total. The van der Waals surface area contributed by atoms with Crippen LogP contribution in [0.5, 0.6) is 0 Å². The maximum atomic E-state index is 0. The summed E-state index contributed by atoms with van der Waals surface area (Å²) in [6.45, 7) is 0. The van der Waals surface area contributed by atoms with Crippen LogP contribution in [0.2, 0.25) is 0 Å². The molecule has 0 N–H and O–H groups in total. The van der Waals surface area contributed by atoms with Crippen LogP contribution in [0, 0.1) is 71.2 Å². The zero-order valence-electron chi connectivity index (χ0n) is 4.61. The van der Waals surface area contributed by atoms with Gasteiger partial charge >= 0.3 is 117 Å². The van der Waals surface area contributed by atoms with E-state index in [4.69, 9.17) is 0 Å². The fraction of sp³-hybridized carbons (Fsp3) is 0. The van der Waals surface area contributed by atoms with Crippen molar-refractivity contribution in [2.75, 3.05) is 0 Å². The first-order valence-electron chi connectivity index (χ1n) is 0. The maximum absolute atomic E-state index is 0. The van der Waals surface area contributed by atoms with Crippen LogP contribution in [0.15, 0.2) is 0 Å². The van der Waals surface area contributed by atoms with Gasteiger partial charge in [-0.25, -0.2) is 0 Å². The molecule has 0 aliphatic rings. The Bertz CT molecular complexity index is 12.9. The Balaban J connectivity index is 0. The minimum atomic E-state index is 0. The van der Waals surface area contributed by atoms with Crippen molar-refractivity contribution in [3.63, 3.8) is 0 Å². The SMILES string of the molecule is [La+3].[La+3].[Mg+2].[Mg+2].[O-2].[O-2].[O-2].[O-2].[O-2]. The predicted octanol–water partition coefficient (Wildman–Crippen LogP) is -1.36. The first-order valence-corrected chi connectivity index (χ1v) is 0. The Hall–Kier alpha value is 3.72. The molecule has 0 saturated heterocycles. The Morgan fingerprint density at radius 3 is 0.333 bits per heavy atom. The van der Waals surface area contributed by atoms with Crippen LogP contribution < -0.4 is 0 Å².